The van der Waals surface area contributed by atoms with E-state index in [1.54, 1.807) is 24.3 Å². The van der Waals surface area contributed by atoms with E-state index in [9.17, 15) is 13.6 Å². The van der Waals surface area contributed by atoms with E-state index in [0.717, 1.165) is 44.4 Å². The predicted octanol–water partition coefficient (Wildman–Crippen LogP) is 11.3. The van der Waals surface area contributed by atoms with Gasteiger partial charge in [0.1, 0.15) is 28.7 Å². The van der Waals surface area contributed by atoms with Gasteiger partial charge in [-0.2, -0.15) is 0 Å². The van der Waals surface area contributed by atoms with Gasteiger partial charge in [-0.25, -0.2) is 13.6 Å². The molecule has 228 valence electrons. The lowest BCUT2D eigenvalue weighted by atomic mass is 9.77. The summed E-state index contributed by atoms with van der Waals surface area (Å²) in [5.74, 6) is -0.964. The number of ether oxygens (including phenoxy) is 2. The molecule has 0 N–H and O–H groups in total. The fourth-order valence-corrected chi connectivity index (χ4v) is 6.03. The van der Waals surface area contributed by atoms with Gasteiger partial charge in [0.05, 0.1) is 6.61 Å². The molecule has 3 rings (SSSR count). The summed E-state index contributed by atoms with van der Waals surface area (Å²) in [5.41, 5.74) is 0.00996. The smallest absolute Gasteiger partial charge is 0.349 e. The van der Waals surface area contributed by atoms with Crippen molar-refractivity contribution in [1.29, 1.82) is 0 Å². The summed E-state index contributed by atoms with van der Waals surface area (Å²) in [6.45, 7) is 5.10. The maximum absolute atomic E-state index is 14.9. The van der Waals surface area contributed by atoms with Crippen molar-refractivity contribution in [3.05, 3.63) is 59.2 Å². The van der Waals surface area contributed by atoms with E-state index in [4.69, 9.17) is 9.47 Å². The molecule has 2 aromatic carbocycles. The van der Waals surface area contributed by atoms with E-state index in [0.29, 0.717) is 17.9 Å². The zero-order chi connectivity index (χ0) is 29.3. The van der Waals surface area contributed by atoms with Crippen LogP contribution >= 0.6 is 0 Å². The minimum absolute atomic E-state index is 0.138. The number of carbonyl (C=O) groups is 1. The highest BCUT2D eigenvalue weighted by Gasteiger charge is 2.26. The molecule has 0 amide bonds. The zero-order valence-corrected chi connectivity index (χ0v) is 25.5. The van der Waals surface area contributed by atoms with E-state index in [-0.39, 0.29) is 11.7 Å². The maximum Gasteiger partial charge on any atom is 0.349 e. The number of hydrogen-bond acceptors (Lipinski definition) is 3. The second-order valence-electron chi connectivity index (χ2n) is 12.0. The number of hydrogen-bond donors (Lipinski definition) is 0. The van der Waals surface area contributed by atoms with Gasteiger partial charge in [0, 0.05) is 0 Å². The zero-order valence-electron chi connectivity index (χ0n) is 25.5. The van der Waals surface area contributed by atoms with E-state index >= 15 is 0 Å². The molecule has 1 aliphatic carbocycles. The van der Waals surface area contributed by atoms with Crippen molar-refractivity contribution in [2.75, 3.05) is 6.61 Å². The second-order valence-corrected chi connectivity index (χ2v) is 12.0. The highest BCUT2D eigenvalue weighted by molar-refractivity contribution is 5.91. The molecule has 0 spiro atoms. The Bertz CT molecular complexity index is 989. The Morgan fingerprint density at radius 2 is 1.22 bits per heavy atom. The fourth-order valence-electron chi connectivity index (χ4n) is 6.03. The molecule has 1 aliphatic rings. The van der Waals surface area contributed by atoms with Crippen molar-refractivity contribution in [1.82, 2.24) is 0 Å². The van der Waals surface area contributed by atoms with Crippen LogP contribution in [0, 0.1) is 17.6 Å². The Morgan fingerprint density at radius 1 is 0.707 bits per heavy atom. The van der Waals surface area contributed by atoms with E-state index in [2.05, 4.69) is 13.8 Å². The molecular weight excluding hydrogens is 518 g/mol. The predicted molar refractivity (Wildman–Crippen MR) is 164 cm³/mol. The highest BCUT2D eigenvalue weighted by Crippen LogP contribution is 2.38. The first-order valence-electron chi connectivity index (χ1n) is 16.5. The molecule has 0 heterocycles. The molecule has 0 saturated heterocycles. The minimum Gasteiger partial charge on any atom is -0.494 e. The summed E-state index contributed by atoms with van der Waals surface area (Å²) in [5, 5.41) is 0. The number of carbonyl (C=O) groups excluding carboxylic acids is 1. The average Bonchev–Trinajstić information content (AvgIpc) is 2.97. The van der Waals surface area contributed by atoms with Gasteiger partial charge in [-0.1, -0.05) is 97.3 Å². The maximum atomic E-state index is 14.9. The number of benzene rings is 2. The van der Waals surface area contributed by atoms with Crippen molar-refractivity contribution in [3.8, 4) is 11.5 Å². The van der Waals surface area contributed by atoms with Gasteiger partial charge in [0.15, 0.2) is 0 Å². The van der Waals surface area contributed by atoms with E-state index < -0.39 is 23.2 Å². The molecule has 1 saturated carbocycles. The highest BCUT2D eigenvalue weighted by atomic mass is 19.1. The molecule has 0 aromatic heterocycles. The number of rotatable bonds is 19. The van der Waals surface area contributed by atoms with Crippen LogP contribution < -0.4 is 9.47 Å². The molecule has 1 fully saturated rings. The van der Waals surface area contributed by atoms with Crippen molar-refractivity contribution in [2.45, 2.75) is 135 Å². The van der Waals surface area contributed by atoms with Crippen LogP contribution in [0.1, 0.15) is 151 Å². The summed E-state index contributed by atoms with van der Waals surface area (Å²) < 4.78 is 41.0. The Labute approximate surface area is 247 Å². The third kappa shape index (κ3) is 11.8. The summed E-state index contributed by atoms with van der Waals surface area (Å²) >= 11 is 0. The van der Waals surface area contributed by atoms with Crippen LogP contribution in [0.25, 0.3) is 0 Å². The van der Waals surface area contributed by atoms with Gasteiger partial charge in [-0.15, -0.1) is 0 Å². The Balaban J connectivity index is 1.38. The molecular formula is C36H52F2O3. The monoisotopic (exact) mass is 570 g/mol. The Hall–Kier alpha value is -2.43. The second kappa shape index (κ2) is 18.9. The van der Waals surface area contributed by atoms with Crippen LogP contribution in [0.2, 0.25) is 0 Å². The normalized spacial score (nSPS) is 17.0. The SMILES string of the molecule is CCCCCCCCCCCCOc1ccc(OC(=O)c2c(F)cc(C3CCC(CCCCC)CC3)cc2F)cc1. The number of unbranched alkanes of at least 4 members (excludes halogenated alkanes) is 11. The first kappa shape index (κ1) is 33.1. The average molecular weight is 571 g/mol. The van der Waals surface area contributed by atoms with Crippen LogP contribution in [0.5, 0.6) is 11.5 Å². The lowest BCUT2D eigenvalue weighted by Crippen LogP contribution is -2.16. The van der Waals surface area contributed by atoms with Crippen molar-refractivity contribution < 1.29 is 23.0 Å². The third-order valence-corrected chi connectivity index (χ3v) is 8.60. The van der Waals surface area contributed by atoms with E-state index in [1.807, 2.05) is 0 Å². The molecule has 0 unspecified atom stereocenters. The molecule has 0 aliphatic heterocycles. The van der Waals surface area contributed by atoms with Crippen LogP contribution in [0.4, 0.5) is 8.78 Å². The third-order valence-electron chi connectivity index (χ3n) is 8.60. The van der Waals surface area contributed by atoms with Gasteiger partial charge in [0.25, 0.3) is 0 Å². The number of halogens is 2. The lowest BCUT2D eigenvalue weighted by molar-refractivity contribution is 0.0724. The molecule has 41 heavy (non-hydrogen) atoms. The van der Waals surface area contributed by atoms with Crippen molar-refractivity contribution in [2.24, 2.45) is 5.92 Å². The van der Waals surface area contributed by atoms with Crippen LogP contribution in [0.3, 0.4) is 0 Å². The van der Waals surface area contributed by atoms with Crippen molar-refractivity contribution in [3.63, 3.8) is 0 Å². The van der Waals surface area contributed by atoms with Crippen LogP contribution in [-0.2, 0) is 0 Å². The fraction of sp³-hybridized carbons (Fsp3) is 0.639. The summed E-state index contributed by atoms with van der Waals surface area (Å²) in [6.07, 6.45) is 21.8. The Morgan fingerprint density at radius 3 is 1.80 bits per heavy atom. The first-order valence-corrected chi connectivity index (χ1v) is 16.5. The summed E-state index contributed by atoms with van der Waals surface area (Å²) in [4.78, 5) is 12.6. The van der Waals surface area contributed by atoms with Gasteiger partial charge < -0.3 is 9.47 Å². The molecule has 0 atom stereocenters. The van der Waals surface area contributed by atoms with Crippen LogP contribution in [0.15, 0.2) is 36.4 Å². The van der Waals surface area contributed by atoms with E-state index in [1.165, 1.54) is 89.2 Å². The molecule has 2 aromatic rings. The van der Waals surface area contributed by atoms with Crippen molar-refractivity contribution >= 4 is 5.97 Å². The molecule has 5 heteroatoms. The van der Waals surface area contributed by atoms with Gasteiger partial charge in [-0.3, -0.25) is 0 Å². The minimum atomic E-state index is -1.02. The quantitative estimate of drug-likeness (QED) is 0.0957. The standard InChI is InChI=1S/C36H52F2O3/c1-3-5-7-8-9-10-11-12-13-15-25-40-31-21-23-32(24-22-31)41-36(39)35-33(37)26-30(27-34(35)38)29-19-17-28(18-20-29)16-14-6-4-2/h21-24,26-29H,3-20,25H2,1-2H3. The first-order chi connectivity index (χ1) is 20.0. The summed E-state index contributed by atoms with van der Waals surface area (Å²) in [6, 6.07) is 9.27. The molecule has 3 nitrogen and oxygen atoms in total. The Kier molecular flexibility index (Phi) is 15.2. The number of esters is 1. The lowest BCUT2D eigenvalue weighted by Gasteiger charge is -2.29. The largest absolute Gasteiger partial charge is 0.494 e. The summed E-state index contributed by atoms with van der Waals surface area (Å²) in [7, 11) is 0. The van der Waals surface area contributed by atoms with Crippen LogP contribution in [-0.4, -0.2) is 12.6 Å². The molecule has 0 bridgehead atoms. The van der Waals surface area contributed by atoms with Gasteiger partial charge >= 0.3 is 5.97 Å². The van der Waals surface area contributed by atoms with Gasteiger partial charge in [0.2, 0.25) is 0 Å². The van der Waals surface area contributed by atoms with Gasteiger partial charge in [-0.05, 0) is 85.9 Å². The topological polar surface area (TPSA) is 35.5 Å². The molecule has 0 radical (unpaired) electrons.